The molecular formula is C20H17ClN4OS. The smallest absolute Gasteiger partial charge is 0.256 e. The van der Waals surface area contributed by atoms with Crippen LogP contribution < -0.4 is 5.32 Å². The molecular weight excluding hydrogens is 380 g/mol. The summed E-state index contributed by atoms with van der Waals surface area (Å²) in [5.74, 6) is 0.331. The van der Waals surface area contributed by atoms with Crippen LogP contribution in [0.25, 0.3) is 15.3 Å². The van der Waals surface area contributed by atoms with Crippen LogP contribution in [0.15, 0.2) is 42.5 Å². The summed E-state index contributed by atoms with van der Waals surface area (Å²) in [7, 11) is 0. The van der Waals surface area contributed by atoms with Crippen LogP contribution in [-0.4, -0.2) is 20.7 Å². The number of halogens is 1. The van der Waals surface area contributed by atoms with Crippen molar-refractivity contribution >= 4 is 44.9 Å². The lowest BCUT2D eigenvalue weighted by Gasteiger charge is -2.06. The number of thiazole rings is 1. The summed E-state index contributed by atoms with van der Waals surface area (Å²) in [6, 6.07) is 12.9. The Kier molecular flexibility index (Phi) is 4.45. The monoisotopic (exact) mass is 396 g/mol. The normalized spacial score (nSPS) is 11.1. The van der Waals surface area contributed by atoms with E-state index in [2.05, 4.69) is 36.4 Å². The third-order valence-corrected chi connectivity index (χ3v) is 5.37. The van der Waals surface area contributed by atoms with Crippen molar-refractivity contribution in [3.8, 4) is 5.13 Å². The van der Waals surface area contributed by atoms with Gasteiger partial charge in [-0.2, -0.15) is 9.78 Å². The van der Waals surface area contributed by atoms with Crippen molar-refractivity contribution in [1.82, 2.24) is 14.8 Å². The molecule has 4 aromatic rings. The first-order valence-corrected chi connectivity index (χ1v) is 9.62. The number of amides is 1. The minimum Gasteiger partial charge on any atom is -0.306 e. The summed E-state index contributed by atoms with van der Waals surface area (Å²) in [4.78, 5) is 17.3. The molecule has 27 heavy (non-hydrogen) atoms. The molecule has 0 spiro atoms. The first-order valence-electron chi connectivity index (χ1n) is 8.42. The fraction of sp³-hybridized carbons (Fsp3) is 0.150. The average Bonchev–Trinajstić information content (AvgIpc) is 3.18. The van der Waals surface area contributed by atoms with E-state index in [1.54, 1.807) is 40.3 Å². The quantitative estimate of drug-likeness (QED) is 0.510. The highest BCUT2D eigenvalue weighted by molar-refractivity contribution is 7.20. The summed E-state index contributed by atoms with van der Waals surface area (Å²) in [5, 5.41) is 8.66. The number of carbonyl (C=O) groups excluding carboxylic acids is 1. The van der Waals surface area contributed by atoms with Crippen LogP contribution in [0.3, 0.4) is 0 Å². The first kappa shape index (κ1) is 17.7. The number of anilines is 1. The highest BCUT2D eigenvalue weighted by Crippen LogP contribution is 2.30. The molecule has 0 radical (unpaired) electrons. The number of carbonyl (C=O) groups is 1. The molecule has 0 atom stereocenters. The summed E-state index contributed by atoms with van der Waals surface area (Å²) >= 11 is 7.54. The average molecular weight is 397 g/mol. The van der Waals surface area contributed by atoms with E-state index in [-0.39, 0.29) is 5.91 Å². The van der Waals surface area contributed by atoms with Crippen LogP contribution in [0.1, 0.15) is 27.2 Å². The predicted molar refractivity (Wildman–Crippen MR) is 110 cm³/mol. The lowest BCUT2D eigenvalue weighted by molar-refractivity contribution is 0.102. The van der Waals surface area contributed by atoms with Gasteiger partial charge in [-0.3, -0.25) is 4.79 Å². The molecule has 0 aliphatic rings. The fourth-order valence-electron chi connectivity index (χ4n) is 3.00. The van der Waals surface area contributed by atoms with Gasteiger partial charge in [-0.1, -0.05) is 35.1 Å². The van der Waals surface area contributed by atoms with Crippen molar-refractivity contribution in [3.63, 3.8) is 0 Å². The van der Waals surface area contributed by atoms with Gasteiger partial charge in [0.05, 0.1) is 15.9 Å². The number of aryl methyl sites for hydroxylation is 3. The Morgan fingerprint density at radius 3 is 2.74 bits per heavy atom. The molecule has 0 fully saturated rings. The van der Waals surface area contributed by atoms with Crippen LogP contribution in [0, 0.1) is 20.8 Å². The fourth-order valence-corrected chi connectivity index (χ4v) is 4.30. The van der Waals surface area contributed by atoms with Crippen molar-refractivity contribution in [2.45, 2.75) is 20.8 Å². The zero-order valence-corrected chi connectivity index (χ0v) is 16.6. The standard InChI is InChI=1S/C20H17ClN4OS/c1-11-7-12(2)18-16(8-11)27-20(23-18)25-17(9-13(3)24-25)22-19(26)14-5-4-6-15(21)10-14/h4-10H,1-3H3,(H,22,26). The molecule has 1 amide bonds. The van der Waals surface area contributed by atoms with E-state index < -0.39 is 0 Å². The van der Waals surface area contributed by atoms with Crippen LogP contribution in [0.4, 0.5) is 5.82 Å². The number of benzene rings is 2. The molecule has 0 saturated carbocycles. The first-order chi connectivity index (χ1) is 12.9. The molecule has 2 aromatic carbocycles. The molecule has 0 aliphatic carbocycles. The highest BCUT2D eigenvalue weighted by Gasteiger charge is 2.16. The molecule has 0 unspecified atom stereocenters. The van der Waals surface area contributed by atoms with Crippen molar-refractivity contribution in [1.29, 1.82) is 0 Å². The molecule has 1 N–H and O–H groups in total. The lowest BCUT2D eigenvalue weighted by Crippen LogP contribution is -2.15. The molecule has 136 valence electrons. The molecule has 5 nitrogen and oxygen atoms in total. The molecule has 2 heterocycles. The number of fused-ring (bicyclic) bond motifs is 1. The lowest BCUT2D eigenvalue weighted by atomic mass is 10.1. The van der Waals surface area contributed by atoms with E-state index in [1.165, 1.54) is 5.56 Å². The largest absolute Gasteiger partial charge is 0.306 e. The van der Waals surface area contributed by atoms with Gasteiger partial charge in [-0.25, -0.2) is 4.98 Å². The Morgan fingerprint density at radius 1 is 1.15 bits per heavy atom. The third-order valence-electron chi connectivity index (χ3n) is 4.16. The van der Waals surface area contributed by atoms with Gasteiger partial charge >= 0.3 is 0 Å². The number of nitrogens with one attached hydrogen (secondary N) is 1. The van der Waals surface area contributed by atoms with Gasteiger partial charge in [0.25, 0.3) is 5.91 Å². The van der Waals surface area contributed by atoms with Crippen molar-refractivity contribution in [2.24, 2.45) is 0 Å². The second-order valence-corrected chi connectivity index (χ2v) is 7.92. The summed E-state index contributed by atoms with van der Waals surface area (Å²) in [5.41, 5.74) is 4.57. The van der Waals surface area contributed by atoms with E-state index in [1.807, 2.05) is 13.0 Å². The maximum Gasteiger partial charge on any atom is 0.256 e. The minimum atomic E-state index is -0.244. The molecule has 0 aliphatic heterocycles. The maximum absolute atomic E-state index is 12.6. The van der Waals surface area contributed by atoms with Crippen LogP contribution in [-0.2, 0) is 0 Å². The third kappa shape index (κ3) is 3.46. The van der Waals surface area contributed by atoms with Gasteiger partial charge in [0.15, 0.2) is 0 Å². The number of hydrogen-bond donors (Lipinski definition) is 1. The number of hydrogen-bond acceptors (Lipinski definition) is 4. The Hall–Kier alpha value is -2.70. The molecule has 2 aromatic heterocycles. The summed E-state index contributed by atoms with van der Waals surface area (Å²) in [6.45, 7) is 6.00. The number of aromatic nitrogens is 3. The molecule has 0 bridgehead atoms. The van der Waals surface area contributed by atoms with E-state index in [4.69, 9.17) is 16.6 Å². The van der Waals surface area contributed by atoms with Crippen molar-refractivity contribution in [2.75, 3.05) is 5.32 Å². The number of rotatable bonds is 3. The van der Waals surface area contributed by atoms with Crippen molar-refractivity contribution in [3.05, 3.63) is 69.9 Å². The van der Waals surface area contributed by atoms with E-state index >= 15 is 0 Å². The topological polar surface area (TPSA) is 59.8 Å². The Morgan fingerprint density at radius 2 is 1.96 bits per heavy atom. The van der Waals surface area contributed by atoms with Gasteiger partial charge < -0.3 is 5.32 Å². The Labute approximate surface area is 165 Å². The van der Waals surface area contributed by atoms with Crippen molar-refractivity contribution < 1.29 is 4.79 Å². The number of nitrogens with zero attached hydrogens (tertiary/aromatic N) is 3. The zero-order valence-electron chi connectivity index (χ0n) is 15.1. The van der Waals surface area contributed by atoms with Gasteiger partial charge in [0, 0.05) is 16.7 Å². The summed E-state index contributed by atoms with van der Waals surface area (Å²) in [6.07, 6.45) is 0. The van der Waals surface area contributed by atoms with Gasteiger partial charge in [-0.15, -0.1) is 0 Å². The minimum absolute atomic E-state index is 0.244. The van der Waals surface area contributed by atoms with Gasteiger partial charge in [0.1, 0.15) is 5.82 Å². The zero-order chi connectivity index (χ0) is 19.1. The molecule has 0 saturated heterocycles. The van der Waals surface area contributed by atoms with Crippen LogP contribution in [0.2, 0.25) is 5.02 Å². The second kappa shape index (κ2) is 6.79. The Bertz CT molecular complexity index is 1180. The SMILES string of the molecule is Cc1cc(C)c2nc(-n3nc(C)cc3NC(=O)c3cccc(Cl)c3)sc2c1. The van der Waals surface area contributed by atoms with E-state index in [9.17, 15) is 4.79 Å². The molecule has 4 rings (SSSR count). The predicted octanol–water partition coefficient (Wildman–Crippen LogP) is 5.31. The van der Waals surface area contributed by atoms with Gasteiger partial charge in [0.2, 0.25) is 5.13 Å². The van der Waals surface area contributed by atoms with Gasteiger partial charge in [-0.05, 0) is 56.2 Å². The molecule has 7 heteroatoms. The summed E-state index contributed by atoms with van der Waals surface area (Å²) < 4.78 is 2.78. The van der Waals surface area contributed by atoms with E-state index in [0.717, 1.165) is 21.5 Å². The maximum atomic E-state index is 12.6. The van der Waals surface area contributed by atoms with E-state index in [0.29, 0.717) is 21.5 Å². The highest BCUT2D eigenvalue weighted by atomic mass is 35.5. The Balaban J connectivity index is 1.73. The second-order valence-electron chi connectivity index (χ2n) is 6.47. The van der Waals surface area contributed by atoms with Crippen LogP contribution >= 0.6 is 22.9 Å². The van der Waals surface area contributed by atoms with Crippen LogP contribution in [0.5, 0.6) is 0 Å².